The molecule has 110 valence electrons. The molecule has 0 radical (unpaired) electrons. The number of anilines is 1. The largest absolute Gasteiger partial charge is 0.399 e. The molecule has 0 amide bonds. The lowest BCUT2D eigenvalue weighted by atomic mass is 10.3. The van der Waals surface area contributed by atoms with Gasteiger partial charge in [-0.25, -0.2) is 8.42 Å². The van der Waals surface area contributed by atoms with Crippen LogP contribution in [0.25, 0.3) is 0 Å². The minimum Gasteiger partial charge on any atom is -0.399 e. The Morgan fingerprint density at radius 1 is 1.45 bits per heavy atom. The summed E-state index contributed by atoms with van der Waals surface area (Å²) in [6, 6.07) is 3.62. The van der Waals surface area contributed by atoms with Crippen LogP contribution >= 0.6 is 0 Å². The smallest absolute Gasteiger partial charge is 0.289 e. The van der Waals surface area contributed by atoms with E-state index in [0.717, 1.165) is 25.0 Å². The summed E-state index contributed by atoms with van der Waals surface area (Å²) >= 11 is 0. The third kappa shape index (κ3) is 2.91. The molecule has 1 aromatic rings. The fourth-order valence-corrected chi connectivity index (χ4v) is 3.73. The number of nitro groups is 1. The highest BCUT2D eigenvalue weighted by atomic mass is 32.2. The molecule has 1 aliphatic rings. The third-order valence-electron chi connectivity index (χ3n) is 3.31. The van der Waals surface area contributed by atoms with Crippen LogP contribution in [0.5, 0.6) is 0 Å². The molecule has 0 spiro atoms. The number of benzene rings is 1. The van der Waals surface area contributed by atoms with E-state index in [-0.39, 0.29) is 17.1 Å². The van der Waals surface area contributed by atoms with Crippen LogP contribution in [0.4, 0.5) is 11.4 Å². The number of sulfonamides is 1. The minimum absolute atomic E-state index is 0.191. The molecule has 0 saturated heterocycles. The van der Waals surface area contributed by atoms with Gasteiger partial charge in [-0.3, -0.25) is 10.1 Å². The van der Waals surface area contributed by atoms with Gasteiger partial charge in [0.1, 0.15) is 0 Å². The van der Waals surface area contributed by atoms with Crippen molar-refractivity contribution in [2.45, 2.75) is 24.7 Å². The lowest BCUT2D eigenvalue weighted by Crippen LogP contribution is -2.33. The van der Waals surface area contributed by atoms with E-state index in [9.17, 15) is 18.5 Å². The van der Waals surface area contributed by atoms with E-state index in [4.69, 9.17) is 5.73 Å². The Morgan fingerprint density at radius 3 is 2.60 bits per heavy atom. The van der Waals surface area contributed by atoms with E-state index >= 15 is 0 Å². The van der Waals surface area contributed by atoms with Gasteiger partial charge in [0.2, 0.25) is 10.0 Å². The quantitative estimate of drug-likeness (QED) is 0.488. The van der Waals surface area contributed by atoms with E-state index < -0.39 is 20.6 Å². The predicted molar refractivity (Wildman–Crippen MR) is 74.7 cm³/mol. The topological polar surface area (TPSA) is 107 Å². The van der Waals surface area contributed by atoms with Gasteiger partial charge in [-0.1, -0.05) is 6.92 Å². The number of hydrogen-bond donors (Lipinski definition) is 1. The van der Waals surface area contributed by atoms with Gasteiger partial charge in [0.05, 0.1) is 4.92 Å². The van der Waals surface area contributed by atoms with Crippen LogP contribution in [0.1, 0.15) is 19.8 Å². The van der Waals surface area contributed by atoms with E-state index in [0.29, 0.717) is 12.5 Å². The molecule has 1 saturated carbocycles. The van der Waals surface area contributed by atoms with Gasteiger partial charge in [-0.05, 0) is 30.9 Å². The van der Waals surface area contributed by atoms with Crippen molar-refractivity contribution in [2.24, 2.45) is 5.92 Å². The summed E-state index contributed by atoms with van der Waals surface area (Å²) < 4.78 is 26.4. The molecule has 7 nitrogen and oxygen atoms in total. The molecule has 1 aromatic carbocycles. The summed E-state index contributed by atoms with van der Waals surface area (Å²) in [5.74, 6) is 0.366. The summed E-state index contributed by atoms with van der Waals surface area (Å²) in [6.07, 6.45) is 2.01. The fourth-order valence-electron chi connectivity index (χ4n) is 2.01. The zero-order valence-corrected chi connectivity index (χ0v) is 12.0. The number of nitrogens with zero attached hydrogens (tertiary/aromatic N) is 2. The van der Waals surface area contributed by atoms with Crippen molar-refractivity contribution in [3.8, 4) is 0 Å². The molecular weight excluding hydrogens is 282 g/mol. The van der Waals surface area contributed by atoms with Crippen LogP contribution in [0.3, 0.4) is 0 Å². The molecule has 20 heavy (non-hydrogen) atoms. The Kier molecular flexibility index (Phi) is 3.96. The van der Waals surface area contributed by atoms with Crippen molar-refractivity contribution >= 4 is 21.4 Å². The lowest BCUT2D eigenvalue weighted by molar-refractivity contribution is -0.387. The molecule has 0 atom stereocenters. The molecule has 2 N–H and O–H groups in total. The van der Waals surface area contributed by atoms with E-state index in [1.54, 1.807) is 6.92 Å². The molecular formula is C12H17N3O4S. The number of nitrogen functional groups attached to an aromatic ring is 1. The second kappa shape index (κ2) is 5.37. The molecule has 0 aliphatic heterocycles. The summed E-state index contributed by atoms with van der Waals surface area (Å²) in [5.41, 5.74) is 5.33. The van der Waals surface area contributed by atoms with Crippen molar-refractivity contribution in [3.63, 3.8) is 0 Å². The van der Waals surface area contributed by atoms with E-state index in [1.165, 1.54) is 10.4 Å². The average Bonchev–Trinajstić information content (AvgIpc) is 3.19. The van der Waals surface area contributed by atoms with Crippen LogP contribution in [-0.4, -0.2) is 30.7 Å². The Balaban J connectivity index is 2.46. The Bertz CT molecular complexity index is 626. The standard InChI is InChI=1S/C12H17N3O4S/c1-2-14(8-9-3-4-9)20(18,19)12-7-10(13)5-6-11(12)15(16)17/h5-7,9H,2-4,8,13H2,1H3. The van der Waals surface area contributed by atoms with Gasteiger partial charge in [0.15, 0.2) is 4.90 Å². The van der Waals surface area contributed by atoms with Gasteiger partial charge < -0.3 is 5.73 Å². The maximum absolute atomic E-state index is 12.6. The van der Waals surface area contributed by atoms with E-state index in [1.807, 2.05) is 0 Å². The highest BCUT2D eigenvalue weighted by Crippen LogP contribution is 2.33. The first-order chi connectivity index (χ1) is 9.36. The first kappa shape index (κ1) is 14.7. The number of nitro benzene ring substituents is 1. The first-order valence-corrected chi connectivity index (χ1v) is 7.84. The maximum atomic E-state index is 12.6. The summed E-state index contributed by atoms with van der Waals surface area (Å²) in [4.78, 5) is 9.98. The van der Waals surface area contributed by atoms with Crippen molar-refractivity contribution in [3.05, 3.63) is 28.3 Å². The van der Waals surface area contributed by atoms with Gasteiger partial charge in [-0.15, -0.1) is 0 Å². The average molecular weight is 299 g/mol. The minimum atomic E-state index is -3.89. The second-order valence-corrected chi connectivity index (χ2v) is 6.79. The molecule has 0 unspecified atom stereocenters. The number of rotatable bonds is 6. The van der Waals surface area contributed by atoms with Crippen LogP contribution in [0, 0.1) is 16.0 Å². The highest BCUT2D eigenvalue weighted by molar-refractivity contribution is 7.89. The summed E-state index contributed by atoms with van der Waals surface area (Å²) in [7, 11) is -3.89. The van der Waals surface area contributed by atoms with Gasteiger partial charge >= 0.3 is 0 Å². The maximum Gasteiger partial charge on any atom is 0.289 e. The Hall–Kier alpha value is -1.67. The Morgan fingerprint density at radius 2 is 2.10 bits per heavy atom. The number of nitrogens with two attached hydrogens (primary N) is 1. The second-order valence-electron chi connectivity index (χ2n) is 4.88. The van der Waals surface area contributed by atoms with Crippen LogP contribution in [0.15, 0.2) is 23.1 Å². The molecule has 0 aromatic heterocycles. The molecule has 1 fully saturated rings. The molecule has 0 bridgehead atoms. The zero-order chi connectivity index (χ0) is 14.9. The molecule has 2 rings (SSSR count). The molecule has 0 heterocycles. The zero-order valence-electron chi connectivity index (χ0n) is 11.2. The SMILES string of the molecule is CCN(CC1CC1)S(=O)(=O)c1cc(N)ccc1[N+](=O)[O-]. The normalized spacial score (nSPS) is 15.5. The number of hydrogen-bond acceptors (Lipinski definition) is 5. The van der Waals surface area contributed by atoms with Gasteiger partial charge in [0, 0.05) is 24.8 Å². The van der Waals surface area contributed by atoms with Gasteiger partial charge in [0.25, 0.3) is 5.69 Å². The fraction of sp³-hybridized carbons (Fsp3) is 0.500. The van der Waals surface area contributed by atoms with Crippen LogP contribution < -0.4 is 5.73 Å². The van der Waals surface area contributed by atoms with Crippen LogP contribution in [0.2, 0.25) is 0 Å². The highest BCUT2D eigenvalue weighted by Gasteiger charge is 2.34. The van der Waals surface area contributed by atoms with Crippen molar-refractivity contribution in [1.29, 1.82) is 0 Å². The Labute approximate surface area is 117 Å². The third-order valence-corrected chi connectivity index (χ3v) is 5.28. The molecule has 1 aliphatic carbocycles. The van der Waals surface area contributed by atoms with Crippen molar-refractivity contribution in [2.75, 3.05) is 18.8 Å². The van der Waals surface area contributed by atoms with E-state index in [2.05, 4.69) is 0 Å². The van der Waals surface area contributed by atoms with Crippen molar-refractivity contribution in [1.82, 2.24) is 4.31 Å². The lowest BCUT2D eigenvalue weighted by Gasteiger charge is -2.20. The van der Waals surface area contributed by atoms with Crippen molar-refractivity contribution < 1.29 is 13.3 Å². The monoisotopic (exact) mass is 299 g/mol. The van der Waals surface area contributed by atoms with Crippen LogP contribution in [-0.2, 0) is 10.0 Å². The first-order valence-electron chi connectivity index (χ1n) is 6.40. The summed E-state index contributed by atoms with van der Waals surface area (Å²) in [5, 5.41) is 11.0. The summed E-state index contributed by atoms with van der Waals surface area (Å²) in [6.45, 7) is 2.41. The molecule has 8 heteroatoms. The van der Waals surface area contributed by atoms with Gasteiger partial charge in [-0.2, -0.15) is 4.31 Å². The predicted octanol–water partition coefficient (Wildman–Crippen LogP) is 1.60.